The fourth-order valence-corrected chi connectivity index (χ4v) is 2.82. The van der Waals surface area contributed by atoms with Gasteiger partial charge in [-0.2, -0.15) is 5.10 Å². The summed E-state index contributed by atoms with van der Waals surface area (Å²) in [4.78, 5) is 15.4. The molecule has 1 amide bonds. The normalized spacial score (nSPS) is 11.0. The van der Waals surface area contributed by atoms with Crippen LogP contribution in [0.15, 0.2) is 55.1 Å². The molecule has 0 saturated carbocycles. The molecule has 0 radical (unpaired) electrons. The van der Waals surface area contributed by atoms with Gasteiger partial charge in [-0.25, -0.2) is 9.37 Å². The Morgan fingerprint density at radius 1 is 1.08 bits per heavy atom. The predicted molar refractivity (Wildman–Crippen MR) is 92.5 cm³/mol. The van der Waals surface area contributed by atoms with Gasteiger partial charge in [-0.3, -0.25) is 13.9 Å². The van der Waals surface area contributed by atoms with E-state index in [0.717, 1.165) is 22.4 Å². The number of rotatable bonds is 4. The number of fused-ring (bicyclic) bond motifs is 1. The highest BCUT2D eigenvalue weighted by molar-refractivity contribution is 5.85. The first-order chi connectivity index (χ1) is 12.2. The van der Waals surface area contributed by atoms with Crippen molar-refractivity contribution in [1.82, 2.24) is 19.2 Å². The van der Waals surface area contributed by atoms with Crippen molar-refractivity contribution in [3.63, 3.8) is 0 Å². The predicted octanol–water partition coefficient (Wildman–Crippen LogP) is 3.11. The van der Waals surface area contributed by atoms with E-state index in [-0.39, 0.29) is 5.82 Å². The summed E-state index contributed by atoms with van der Waals surface area (Å²) in [5.41, 5.74) is 4.62. The molecule has 4 rings (SSSR count). The van der Waals surface area contributed by atoms with Crippen LogP contribution in [0.25, 0.3) is 28.0 Å². The smallest absolute Gasteiger partial charge is 0.211 e. The molecule has 124 valence electrons. The topological polar surface area (TPSA) is 64.2 Å². The van der Waals surface area contributed by atoms with Crippen LogP contribution in [0.3, 0.4) is 0 Å². The zero-order chi connectivity index (χ0) is 17.4. The van der Waals surface area contributed by atoms with E-state index in [9.17, 15) is 9.18 Å². The summed E-state index contributed by atoms with van der Waals surface area (Å²) in [6, 6.07) is 8.06. The molecule has 7 heteroatoms. The number of carbonyl (C=O) groups excluding carboxylic acids is 1. The highest BCUT2D eigenvalue weighted by Gasteiger charge is 2.13. The Hall–Kier alpha value is -3.48. The number of benzene rings is 1. The molecule has 4 aromatic rings. The SMILES string of the molecule is Cn1cc(-c2cc(NC=O)c3ncc(-c4ccc(F)cc4)n3c2)cn1. The molecular formula is C18H14FN5O. The Bertz CT molecular complexity index is 1060. The number of amides is 1. The largest absolute Gasteiger partial charge is 0.326 e. The lowest BCUT2D eigenvalue weighted by atomic mass is 10.1. The number of carbonyl (C=O) groups is 1. The fourth-order valence-electron chi connectivity index (χ4n) is 2.82. The summed E-state index contributed by atoms with van der Waals surface area (Å²) in [5.74, 6) is -0.295. The van der Waals surface area contributed by atoms with E-state index in [0.29, 0.717) is 17.7 Å². The Labute approximate surface area is 142 Å². The van der Waals surface area contributed by atoms with E-state index in [1.54, 1.807) is 29.2 Å². The maximum absolute atomic E-state index is 13.2. The lowest BCUT2D eigenvalue weighted by molar-refractivity contribution is -0.105. The molecule has 0 atom stereocenters. The van der Waals surface area contributed by atoms with Gasteiger partial charge in [0.05, 0.1) is 23.8 Å². The van der Waals surface area contributed by atoms with Gasteiger partial charge in [0, 0.05) is 36.1 Å². The molecule has 0 unspecified atom stereocenters. The van der Waals surface area contributed by atoms with Crippen LogP contribution in [0, 0.1) is 5.82 Å². The first-order valence-corrected chi connectivity index (χ1v) is 7.62. The van der Waals surface area contributed by atoms with Crippen LogP contribution in [-0.2, 0) is 11.8 Å². The number of nitrogens with zero attached hydrogens (tertiary/aromatic N) is 4. The molecule has 0 fully saturated rings. The van der Waals surface area contributed by atoms with Crippen molar-refractivity contribution in [1.29, 1.82) is 0 Å². The number of hydrogen-bond acceptors (Lipinski definition) is 3. The monoisotopic (exact) mass is 335 g/mol. The van der Waals surface area contributed by atoms with Crippen LogP contribution >= 0.6 is 0 Å². The van der Waals surface area contributed by atoms with Gasteiger partial charge in [0.15, 0.2) is 5.65 Å². The maximum Gasteiger partial charge on any atom is 0.211 e. The number of nitrogens with one attached hydrogen (secondary N) is 1. The average Bonchev–Trinajstić information content (AvgIpc) is 3.22. The van der Waals surface area contributed by atoms with Crippen molar-refractivity contribution in [3.8, 4) is 22.4 Å². The first kappa shape index (κ1) is 15.1. The van der Waals surface area contributed by atoms with Crippen molar-refractivity contribution in [2.75, 3.05) is 5.32 Å². The van der Waals surface area contributed by atoms with Crippen molar-refractivity contribution >= 4 is 17.7 Å². The van der Waals surface area contributed by atoms with E-state index >= 15 is 0 Å². The lowest BCUT2D eigenvalue weighted by Gasteiger charge is -2.08. The van der Waals surface area contributed by atoms with Gasteiger partial charge < -0.3 is 5.32 Å². The third-order valence-corrected chi connectivity index (χ3v) is 4.00. The van der Waals surface area contributed by atoms with Gasteiger partial charge >= 0.3 is 0 Å². The number of aryl methyl sites for hydroxylation is 1. The minimum absolute atomic E-state index is 0.295. The van der Waals surface area contributed by atoms with Crippen LogP contribution in [0.4, 0.5) is 10.1 Å². The van der Waals surface area contributed by atoms with E-state index in [1.165, 1.54) is 12.1 Å². The van der Waals surface area contributed by atoms with Gasteiger partial charge in [-0.1, -0.05) is 0 Å². The quantitative estimate of drug-likeness (QED) is 0.583. The maximum atomic E-state index is 13.2. The van der Waals surface area contributed by atoms with E-state index in [1.807, 2.05) is 29.9 Å². The van der Waals surface area contributed by atoms with Crippen molar-refractivity contribution < 1.29 is 9.18 Å². The minimum Gasteiger partial charge on any atom is -0.326 e. The Balaban J connectivity index is 1.95. The van der Waals surface area contributed by atoms with Gasteiger partial charge in [0.2, 0.25) is 6.41 Å². The summed E-state index contributed by atoms with van der Waals surface area (Å²) >= 11 is 0. The Morgan fingerprint density at radius 3 is 2.56 bits per heavy atom. The van der Waals surface area contributed by atoms with Gasteiger partial charge in [0.25, 0.3) is 0 Å². The molecular weight excluding hydrogens is 321 g/mol. The van der Waals surface area contributed by atoms with Crippen molar-refractivity contribution in [2.24, 2.45) is 7.05 Å². The third kappa shape index (κ3) is 2.65. The highest BCUT2D eigenvalue weighted by Crippen LogP contribution is 2.29. The second kappa shape index (κ2) is 5.86. The van der Waals surface area contributed by atoms with Crippen molar-refractivity contribution in [2.45, 2.75) is 0 Å². The summed E-state index contributed by atoms with van der Waals surface area (Å²) in [5, 5.41) is 6.88. The molecule has 0 saturated heterocycles. The minimum atomic E-state index is -0.295. The zero-order valence-electron chi connectivity index (χ0n) is 13.3. The molecule has 1 aromatic carbocycles. The number of pyridine rings is 1. The number of imidazole rings is 1. The molecule has 0 aliphatic heterocycles. The second-order valence-corrected chi connectivity index (χ2v) is 5.65. The Kier molecular flexibility index (Phi) is 3.53. The lowest BCUT2D eigenvalue weighted by Crippen LogP contribution is -1.99. The molecule has 0 aliphatic rings. The summed E-state index contributed by atoms with van der Waals surface area (Å²) in [6.45, 7) is 0. The number of aromatic nitrogens is 4. The van der Waals surface area contributed by atoms with Gasteiger partial charge in [-0.05, 0) is 30.3 Å². The summed E-state index contributed by atoms with van der Waals surface area (Å²) in [7, 11) is 1.84. The fraction of sp³-hybridized carbons (Fsp3) is 0.0556. The molecule has 0 bridgehead atoms. The summed E-state index contributed by atoms with van der Waals surface area (Å²) in [6.07, 6.45) is 7.88. The van der Waals surface area contributed by atoms with Crippen LogP contribution in [0.1, 0.15) is 0 Å². The molecule has 0 aliphatic carbocycles. The highest BCUT2D eigenvalue weighted by atomic mass is 19.1. The Morgan fingerprint density at radius 2 is 1.88 bits per heavy atom. The van der Waals surface area contributed by atoms with Crippen LogP contribution in [0.2, 0.25) is 0 Å². The zero-order valence-corrected chi connectivity index (χ0v) is 13.3. The number of anilines is 1. The number of hydrogen-bond donors (Lipinski definition) is 1. The third-order valence-electron chi connectivity index (χ3n) is 4.00. The molecule has 3 heterocycles. The van der Waals surface area contributed by atoms with Gasteiger partial charge in [0.1, 0.15) is 5.82 Å². The van der Waals surface area contributed by atoms with Crippen LogP contribution < -0.4 is 5.32 Å². The van der Waals surface area contributed by atoms with E-state index < -0.39 is 0 Å². The van der Waals surface area contributed by atoms with Crippen LogP contribution in [0.5, 0.6) is 0 Å². The molecule has 0 spiro atoms. The standard InChI is InChI=1S/C18H14FN5O/c1-23-9-14(7-22-23)13-6-16(21-11-25)18-20-8-17(24(18)10-13)12-2-4-15(19)5-3-12/h2-11H,1H3,(H,21,25). The van der Waals surface area contributed by atoms with E-state index in [4.69, 9.17) is 0 Å². The van der Waals surface area contributed by atoms with E-state index in [2.05, 4.69) is 15.4 Å². The van der Waals surface area contributed by atoms with Crippen LogP contribution in [-0.4, -0.2) is 25.6 Å². The summed E-state index contributed by atoms with van der Waals surface area (Å²) < 4.78 is 16.8. The molecule has 6 nitrogen and oxygen atoms in total. The van der Waals surface area contributed by atoms with Crippen molar-refractivity contribution in [3.05, 3.63) is 60.9 Å². The average molecular weight is 335 g/mol. The van der Waals surface area contributed by atoms with Gasteiger partial charge in [-0.15, -0.1) is 0 Å². The second-order valence-electron chi connectivity index (χ2n) is 5.65. The first-order valence-electron chi connectivity index (χ1n) is 7.62. The molecule has 3 aromatic heterocycles. The molecule has 25 heavy (non-hydrogen) atoms. The molecule has 1 N–H and O–H groups in total. The number of halogens is 1.